The van der Waals surface area contributed by atoms with Gasteiger partial charge in [-0.05, 0) is 43.7 Å². The average Bonchev–Trinajstić information content (AvgIpc) is 2.41. The quantitative estimate of drug-likeness (QED) is 0.796. The molecule has 0 aliphatic rings. The Bertz CT molecular complexity index is 592. The Kier molecular flexibility index (Phi) is 4.38. The van der Waals surface area contributed by atoms with Crippen molar-refractivity contribution in [1.29, 1.82) is 0 Å². The minimum absolute atomic E-state index is 0.309. The van der Waals surface area contributed by atoms with E-state index in [9.17, 15) is 9.90 Å². The van der Waals surface area contributed by atoms with Gasteiger partial charge in [0.2, 0.25) is 0 Å². The number of rotatable bonds is 3. The number of urea groups is 1. The second-order valence-corrected chi connectivity index (χ2v) is 4.75. The van der Waals surface area contributed by atoms with Gasteiger partial charge >= 0.3 is 6.03 Å². The number of aryl methyl sites for hydroxylation is 1. The third-order valence-electron chi connectivity index (χ3n) is 2.94. The van der Waals surface area contributed by atoms with E-state index in [1.807, 2.05) is 37.3 Å². The first-order chi connectivity index (χ1) is 9.54. The van der Waals surface area contributed by atoms with E-state index < -0.39 is 6.10 Å². The van der Waals surface area contributed by atoms with Gasteiger partial charge in [-0.1, -0.05) is 29.8 Å². The molecule has 2 aromatic rings. The van der Waals surface area contributed by atoms with Crippen molar-refractivity contribution in [3.63, 3.8) is 0 Å². The highest BCUT2D eigenvalue weighted by Crippen LogP contribution is 2.17. The Hall–Kier alpha value is -2.33. The molecule has 0 saturated heterocycles. The van der Waals surface area contributed by atoms with E-state index in [2.05, 4.69) is 10.6 Å². The highest BCUT2D eigenvalue weighted by atomic mass is 16.3. The summed E-state index contributed by atoms with van der Waals surface area (Å²) >= 11 is 0. The number of aliphatic hydroxyl groups excluding tert-OH is 1. The molecule has 4 heteroatoms. The highest BCUT2D eigenvalue weighted by molar-refractivity contribution is 5.99. The third kappa shape index (κ3) is 3.83. The van der Waals surface area contributed by atoms with Gasteiger partial charge in [0.05, 0.1) is 6.10 Å². The zero-order valence-electron chi connectivity index (χ0n) is 11.6. The molecular weight excluding hydrogens is 252 g/mol. The number of amides is 2. The van der Waals surface area contributed by atoms with E-state index in [-0.39, 0.29) is 6.03 Å². The minimum Gasteiger partial charge on any atom is -0.389 e. The summed E-state index contributed by atoms with van der Waals surface area (Å²) in [7, 11) is 0. The van der Waals surface area contributed by atoms with Crippen molar-refractivity contribution in [3.05, 3.63) is 59.7 Å². The van der Waals surface area contributed by atoms with Crippen molar-refractivity contribution in [2.45, 2.75) is 20.0 Å². The molecule has 0 spiro atoms. The first-order valence-corrected chi connectivity index (χ1v) is 6.47. The molecule has 20 heavy (non-hydrogen) atoms. The van der Waals surface area contributed by atoms with Crippen LogP contribution in [0.4, 0.5) is 16.2 Å². The van der Waals surface area contributed by atoms with Crippen LogP contribution in [0, 0.1) is 6.92 Å². The molecule has 2 rings (SSSR count). The molecule has 2 amide bonds. The summed E-state index contributed by atoms with van der Waals surface area (Å²) < 4.78 is 0. The predicted octanol–water partition coefficient (Wildman–Crippen LogP) is 3.69. The zero-order chi connectivity index (χ0) is 14.5. The summed E-state index contributed by atoms with van der Waals surface area (Å²) in [5.41, 5.74) is 3.28. The SMILES string of the molecule is Cc1ccc(NC(=O)Nc2cccc([C@@H](C)O)c2)cc1. The van der Waals surface area contributed by atoms with Gasteiger partial charge in [-0.15, -0.1) is 0 Å². The van der Waals surface area contributed by atoms with Gasteiger partial charge in [0, 0.05) is 11.4 Å². The number of carbonyl (C=O) groups excluding carboxylic acids is 1. The number of benzene rings is 2. The van der Waals surface area contributed by atoms with Crippen molar-refractivity contribution in [2.75, 3.05) is 10.6 Å². The molecule has 0 radical (unpaired) electrons. The lowest BCUT2D eigenvalue weighted by atomic mass is 10.1. The predicted molar refractivity (Wildman–Crippen MR) is 80.9 cm³/mol. The van der Waals surface area contributed by atoms with Gasteiger partial charge in [-0.3, -0.25) is 0 Å². The number of carbonyl (C=O) groups is 1. The van der Waals surface area contributed by atoms with Crippen LogP contribution < -0.4 is 10.6 Å². The zero-order valence-corrected chi connectivity index (χ0v) is 11.6. The average molecular weight is 270 g/mol. The Morgan fingerprint density at radius 2 is 1.70 bits per heavy atom. The summed E-state index contributed by atoms with van der Waals surface area (Å²) in [6.07, 6.45) is -0.558. The second-order valence-electron chi connectivity index (χ2n) is 4.75. The summed E-state index contributed by atoms with van der Waals surface area (Å²) in [6.45, 7) is 3.68. The molecule has 104 valence electrons. The Labute approximate surface area is 118 Å². The fraction of sp³-hybridized carbons (Fsp3) is 0.188. The molecule has 0 saturated carbocycles. The van der Waals surface area contributed by atoms with Crippen LogP contribution in [0.3, 0.4) is 0 Å². The van der Waals surface area contributed by atoms with Crippen LogP contribution in [0.5, 0.6) is 0 Å². The van der Waals surface area contributed by atoms with Gasteiger partial charge in [0.25, 0.3) is 0 Å². The third-order valence-corrected chi connectivity index (χ3v) is 2.94. The molecule has 0 aliphatic carbocycles. The number of nitrogens with one attached hydrogen (secondary N) is 2. The van der Waals surface area contributed by atoms with Crippen LogP contribution in [-0.2, 0) is 0 Å². The van der Waals surface area contributed by atoms with E-state index in [1.165, 1.54) is 0 Å². The van der Waals surface area contributed by atoms with Crippen molar-refractivity contribution in [3.8, 4) is 0 Å². The van der Waals surface area contributed by atoms with Crippen molar-refractivity contribution in [1.82, 2.24) is 0 Å². The molecule has 0 unspecified atom stereocenters. The molecule has 1 atom stereocenters. The van der Waals surface area contributed by atoms with Gasteiger partial charge in [-0.25, -0.2) is 4.79 Å². The van der Waals surface area contributed by atoms with Gasteiger partial charge in [0.1, 0.15) is 0 Å². The fourth-order valence-corrected chi connectivity index (χ4v) is 1.81. The lowest BCUT2D eigenvalue weighted by molar-refractivity contribution is 0.199. The maximum atomic E-state index is 11.9. The van der Waals surface area contributed by atoms with E-state index in [0.717, 1.165) is 16.8 Å². The lowest BCUT2D eigenvalue weighted by Gasteiger charge is -2.10. The smallest absolute Gasteiger partial charge is 0.323 e. The highest BCUT2D eigenvalue weighted by Gasteiger charge is 2.05. The molecule has 0 bridgehead atoms. The van der Waals surface area contributed by atoms with Gasteiger partial charge < -0.3 is 15.7 Å². The number of hydrogen-bond donors (Lipinski definition) is 3. The number of anilines is 2. The van der Waals surface area contributed by atoms with Crippen molar-refractivity contribution < 1.29 is 9.90 Å². The van der Waals surface area contributed by atoms with E-state index in [1.54, 1.807) is 25.1 Å². The Morgan fingerprint density at radius 1 is 1.05 bits per heavy atom. The monoisotopic (exact) mass is 270 g/mol. The van der Waals surface area contributed by atoms with Crippen LogP contribution in [0.2, 0.25) is 0 Å². The summed E-state index contributed by atoms with van der Waals surface area (Å²) in [5.74, 6) is 0. The molecule has 4 nitrogen and oxygen atoms in total. The fourth-order valence-electron chi connectivity index (χ4n) is 1.81. The first kappa shape index (κ1) is 14.1. The van der Waals surface area contributed by atoms with Gasteiger partial charge in [0.15, 0.2) is 0 Å². The molecule has 0 fully saturated rings. The van der Waals surface area contributed by atoms with Crippen LogP contribution in [0.25, 0.3) is 0 Å². The van der Waals surface area contributed by atoms with E-state index >= 15 is 0 Å². The summed E-state index contributed by atoms with van der Waals surface area (Å²) in [4.78, 5) is 11.9. The molecule has 0 heterocycles. The maximum absolute atomic E-state index is 11.9. The molecule has 0 aliphatic heterocycles. The van der Waals surface area contributed by atoms with E-state index in [4.69, 9.17) is 0 Å². The number of aliphatic hydroxyl groups is 1. The largest absolute Gasteiger partial charge is 0.389 e. The van der Waals surface area contributed by atoms with Crippen LogP contribution >= 0.6 is 0 Å². The summed E-state index contributed by atoms with van der Waals surface area (Å²) in [6, 6.07) is 14.4. The van der Waals surface area contributed by atoms with Crippen molar-refractivity contribution in [2.24, 2.45) is 0 Å². The second kappa shape index (κ2) is 6.21. The summed E-state index contributed by atoms with van der Waals surface area (Å²) in [5, 5.41) is 15.0. The Morgan fingerprint density at radius 3 is 2.35 bits per heavy atom. The number of hydrogen-bond acceptors (Lipinski definition) is 2. The minimum atomic E-state index is -0.558. The van der Waals surface area contributed by atoms with Crippen LogP contribution in [-0.4, -0.2) is 11.1 Å². The van der Waals surface area contributed by atoms with E-state index in [0.29, 0.717) is 5.69 Å². The first-order valence-electron chi connectivity index (χ1n) is 6.47. The maximum Gasteiger partial charge on any atom is 0.323 e. The lowest BCUT2D eigenvalue weighted by Crippen LogP contribution is -2.19. The Balaban J connectivity index is 2.01. The molecule has 0 aromatic heterocycles. The topological polar surface area (TPSA) is 61.4 Å². The standard InChI is InChI=1S/C16H18N2O2/c1-11-6-8-14(9-7-11)17-16(20)18-15-5-3-4-13(10-15)12(2)19/h3-10,12,19H,1-2H3,(H2,17,18,20)/t12-/m1/s1. The van der Waals surface area contributed by atoms with Crippen molar-refractivity contribution >= 4 is 17.4 Å². The molecule has 3 N–H and O–H groups in total. The molecular formula is C16H18N2O2. The van der Waals surface area contributed by atoms with Crippen LogP contribution in [0.15, 0.2) is 48.5 Å². The van der Waals surface area contributed by atoms with Gasteiger partial charge in [-0.2, -0.15) is 0 Å². The molecule has 2 aromatic carbocycles. The van der Waals surface area contributed by atoms with Crippen LogP contribution in [0.1, 0.15) is 24.2 Å². The normalized spacial score (nSPS) is 11.8.